The second-order valence-corrected chi connectivity index (χ2v) is 8.76. The van der Waals surface area contributed by atoms with Gasteiger partial charge in [-0.2, -0.15) is 0 Å². The summed E-state index contributed by atoms with van der Waals surface area (Å²) in [7, 11) is 1.80. The third-order valence-electron chi connectivity index (χ3n) is 5.31. The molecule has 2 N–H and O–H groups in total. The number of carbonyl (C=O) groups is 2. The molecule has 0 heterocycles. The summed E-state index contributed by atoms with van der Waals surface area (Å²) in [4.78, 5) is 25.4. The van der Waals surface area contributed by atoms with Crippen LogP contribution in [0.5, 0.6) is 0 Å². The normalized spacial score (nSPS) is 16.1. The lowest BCUT2D eigenvalue weighted by molar-refractivity contribution is 0.0286. The molecule has 0 saturated heterocycles. The number of benzene rings is 2. The zero-order chi connectivity index (χ0) is 21.2. The van der Waals surface area contributed by atoms with Crippen LogP contribution in [0.4, 0.5) is 4.79 Å². The molecule has 0 saturated carbocycles. The van der Waals surface area contributed by atoms with Crippen molar-refractivity contribution >= 4 is 12.0 Å². The third kappa shape index (κ3) is 4.97. The van der Waals surface area contributed by atoms with Gasteiger partial charge < -0.3 is 15.4 Å². The van der Waals surface area contributed by atoms with Gasteiger partial charge in [0.05, 0.1) is 0 Å². The Morgan fingerprint density at radius 2 is 1.83 bits per heavy atom. The van der Waals surface area contributed by atoms with Crippen LogP contribution in [0.3, 0.4) is 0 Å². The Morgan fingerprint density at radius 3 is 2.45 bits per heavy atom. The third-order valence-corrected chi connectivity index (χ3v) is 5.31. The summed E-state index contributed by atoms with van der Waals surface area (Å²) in [6, 6.07) is 13.8. The van der Waals surface area contributed by atoms with Crippen LogP contribution in [0.1, 0.15) is 61.0 Å². The molecule has 1 unspecified atom stereocenters. The monoisotopic (exact) mass is 394 g/mol. The summed E-state index contributed by atoms with van der Waals surface area (Å²) >= 11 is 0. The van der Waals surface area contributed by atoms with E-state index in [0.29, 0.717) is 12.1 Å². The number of primary amides is 1. The van der Waals surface area contributed by atoms with E-state index in [1.807, 2.05) is 32.9 Å². The molecule has 0 aromatic heterocycles. The van der Waals surface area contributed by atoms with Crippen molar-refractivity contribution < 1.29 is 14.3 Å². The van der Waals surface area contributed by atoms with E-state index in [4.69, 9.17) is 10.5 Å². The van der Waals surface area contributed by atoms with Gasteiger partial charge in [-0.1, -0.05) is 30.3 Å². The topological polar surface area (TPSA) is 72.6 Å². The number of rotatable bonds is 4. The van der Waals surface area contributed by atoms with Crippen molar-refractivity contribution in [1.82, 2.24) is 4.90 Å². The predicted octanol–water partition coefficient (Wildman–Crippen LogP) is 4.74. The molecule has 1 aliphatic rings. The van der Waals surface area contributed by atoms with Crippen molar-refractivity contribution in [1.29, 1.82) is 0 Å². The molecule has 2 aromatic rings. The summed E-state index contributed by atoms with van der Waals surface area (Å²) in [5.74, 6) is -0.141. The number of amides is 2. The van der Waals surface area contributed by atoms with Crippen LogP contribution in [0.25, 0.3) is 11.1 Å². The molecule has 3 rings (SSSR count). The molecule has 2 aromatic carbocycles. The van der Waals surface area contributed by atoms with Crippen molar-refractivity contribution in [3.05, 3.63) is 59.2 Å². The number of nitrogens with two attached hydrogens (primary N) is 1. The molecule has 1 atom stereocenters. The van der Waals surface area contributed by atoms with Crippen LogP contribution in [0.15, 0.2) is 42.5 Å². The Kier molecular flexibility index (Phi) is 5.96. The fraction of sp³-hybridized carbons (Fsp3) is 0.417. The van der Waals surface area contributed by atoms with E-state index in [1.165, 1.54) is 16.7 Å². The Balaban J connectivity index is 1.84. The average molecular weight is 395 g/mol. The molecular formula is C24H30N2O3. The van der Waals surface area contributed by atoms with Gasteiger partial charge in [0.2, 0.25) is 5.91 Å². The predicted molar refractivity (Wildman–Crippen MR) is 115 cm³/mol. The summed E-state index contributed by atoms with van der Waals surface area (Å²) in [5, 5.41) is 0. The number of hydrogen-bond acceptors (Lipinski definition) is 3. The number of likely N-dealkylation sites (N-methyl/N-ethyl adjacent to an activating group) is 1. The molecule has 1 aliphatic carbocycles. The van der Waals surface area contributed by atoms with Gasteiger partial charge in [-0.15, -0.1) is 0 Å². The first-order valence-electron chi connectivity index (χ1n) is 10.1. The number of fused-ring (bicyclic) bond motifs is 1. The number of hydrogen-bond donors (Lipinski definition) is 1. The Bertz CT molecular complexity index is 897. The Hall–Kier alpha value is -2.82. The van der Waals surface area contributed by atoms with Crippen LogP contribution in [-0.4, -0.2) is 36.1 Å². The maximum Gasteiger partial charge on any atom is 0.410 e. The Labute approximate surface area is 172 Å². The standard InChI is InChI=1S/C24H30N2O3/c1-24(2,3)29-23(28)26(4)15-18-7-5-10-21-19(8-6-9-20(18)21)16-11-13-17(14-12-16)22(25)27/h6,8-9,11-14,18H,5,7,10,15H2,1-4H3,(H2,25,27). The SMILES string of the molecule is CN(CC1CCCc2c(-c3ccc(C(N)=O)cc3)cccc21)C(=O)OC(C)(C)C. The quantitative estimate of drug-likeness (QED) is 0.814. The van der Waals surface area contributed by atoms with Gasteiger partial charge in [0.25, 0.3) is 0 Å². The summed E-state index contributed by atoms with van der Waals surface area (Å²) in [6.45, 7) is 6.27. The lowest BCUT2D eigenvalue weighted by atomic mass is 9.79. The van der Waals surface area contributed by atoms with E-state index in [9.17, 15) is 9.59 Å². The first kappa shape index (κ1) is 20.9. The minimum Gasteiger partial charge on any atom is -0.444 e. The highest BCUT2D eigenvalue weighted by Crippen LogP contribution is 2.38. The van der Waals surface area contributed by atoms with Crippen molar-refractivity contribution in [2.75, 3.05) is 13.6 Å². The number of nitrogens with zero attached hydrogens (tertiary/aromatic N) is 1. The smallest absolute Gasteiger partial charge is 0.410 e. The van der Waals surface area contributed by atoms with Crippen LogP contribution < -0.4 is 5.73 Å². The molecule has 0 radical (unpaired) electrons. The molecule has 154 valence electrons. The van der Waals surface area contributed by atoms with E-state index in [-0.39, 0.29) is 12.0 Å². The van der Waals surface area contributed by atoms with E-state index >= 15 is 0 Å². The van der Waals surface area contributed by atoms with Gasteiger partial charge >= 0.3 is 6.09 Å². The van der Waals surface area contributed by atoms with Crippen LogP contribution in [0.2, 0.25) is 0 Å². The van der Waals surface area contributed by atoms with Crippen LogP contribution in [0, 0.1) is 0 Å². The van der Waals surface area contributed by atoms with E-state index in [0.717, 1.165) is 24.8 Å². The minimum atomic E-state index is -0.500. The van der Waals surface area contributed by atoms with Crippen molar-refractivity contribution in [2.45, 2.75) is 51.6 Å². The van der Waals surface area contributed by atoms with Gasteiger partial charge in [0.1, 0.15) is 5.60 Å². The number of ether oxygens (including phenoxy) is 1. The zero-order valence-electron chi connectivity index (χ0n) is 17.7. The Morgan fingerprint density at radius 1 is 1.14 bits per heavy atom. The molecule has 2 amide bonds. The van der Waals surface area contributed by atoms with Crippen LogP contribution >= 0.6 is 0 Å². The van der Waals surface area contributed by atoms with Crippen molar-refractivity contribution in [3.8, 4) is 11.1 Å². The van der Waals surface area contributed by atoms with E-state index < -0.39 is 11.5 Å². The van der Waals surface area contributed by atoms with Gasteiger partial charge in [-0.25, -0.2) is 4.79 Å². The molecular weight excluding hydrogens is 364 g/mol. The molecule has 0 bridgehead atoms. The fourth-order valence-corrected chi connectivity index (χ4v) is 3.97. The lowest BCUT2D eigenvalue weighted by Crippen LogP contribution is -2.37. The maximum absolute atomic E-state index is 12.4. The molecule has 0 fully saturated rings. The summed E-state index contributed by atoms with van der Waals surface area (Å²) < 4.78 is 5.50. The fourth-order valence-electron chi connectivity index (χ4n) is 3.97. The van der Waals surface area contributed by atoms with Gasteiger partial charge in [0.15, 0.2) is 0 Å². The van der Waals surface area contributed by atoms with E-state index in [2.05, 4.69) is 18.2 Å². The average Bonchev–Trinajstić information content (AvgIpc) is 2.66. The van der Waals surface area contributed by atoms with E-state index in [1.54, 1.807) is 24.1 Å². The summed E-state index contributed by atoms with van der Waals surface area (Å²) in [6.07, 6.45) is 2.85. The molecule has 0 spiro atoms. The molecule has 5 heteroatoms. The van der Waals surface area contributed by atoms with Crippen LogP contribution in [-0.2, 0) is 11.2 Å². The minimum absolute atomic E-state index is 0.279. The lowest BCUT2D eigenvalue weighted by Gasteiger charge is -2.32. The first-order valence-corrected chi connectivity index (χ1v) is 10.1. The van der Waals surface area contributed by atoms with Crippen molar-refractivity contribution in [3.63, 3.8) is 0 Å². The van der Waals surface area contributed by atoms with Gasteiger partial charge in [-0.05, 0) is 74.4 Å². The molecule has 29 heavy (non-hydrogen) atoms. The zero-order valence-corrected chi connectivity index (χ0v) is 17.7. The van der Waals surface area contributed by atoms with Crippen molar-refractivity contribution in [2.24, 2.45) is 5.73 Å². The highest BCUT2D eigenvalue weighted by molar-refractivity contribution is 5.93. The second kappa shape index (κ2) is 8.27. The molecule has 5 nitrogen and oxygen atoms in total. The maximum atomic E-state index is 12.4. The number of carbonyl (C=O) groups excluding carboxylic acids is 2. The first-order chi connectivity index (χ1) is 13.7. The highest BCUT2D eigenvalue weighted by atomic mass is 16.6. The largest absolute Gasteiger partial charge is 0.444 e. The molecule has 0 aliphatic heterocycles. The highest BCUT2D eigenvalue weighted by Gasteiger charge is 2.27. The van der Waals surface area contributed by atoms with Gasteiger partial charge in [0, 0.05) is 25.1 Å². The second-order valence-electron chi connectivity index (χ2n) is 8.76. The van der Waals surface area contributed by atoms with Gasteiger partial charge in [-0.3, -0.25) is 4.79 Å². The summed E-state index contributed by atoms with van der Waals surface area (Å²) in [5.41, 5.74) is 10.3.